The molecule has 0 aromatic heterocycles. The number of esters is 2. The van der Waals surface area contributed by atoms with Crippen LogP contribution >= 0.6 is 0 Å². The van der Waals surface area contributed by atoms with Crippen LogP contribution in [0.2, 0.25) is 0 Å². The van der Waals surface area contributed by atoms with E-state index in [0.29, 0.717) is 13.0 Å². The van der Waals surface area contributed by atoms with Gasteiger partial charge >= 0.3 is 11.9 Å². The monoisotopic (exact) mass is 789 g/mol. The first-order valence-corrected chi connectivity index (χ1v) is 20.1. The van der Waals surface area contributed by atoms with Crippen LogP contribution in [0.4, 0.5) is 0 Å². The van der Waals surface area contributed by atoms with E-state index >= 15 is 0 Å². The molecule has 3 aliphatic heterocycles. The zero-order valence-corrected chi connectivity index (χ0v) is 35.7. The van der Waals surface area contributed by atoms with Gasteiger partial charge in [0.2, 0.25) is 0 Å². The average Bonchev–Trinajstić information content (AvgIpc) is 3.82. The van der Waals surface area contributed by atoms with E-state index in [-0.39, 0.29) is 43.7 Å². The molecule has 1 aliphatic carbocycles. The molecule has 0 aromatic carbocycles. The molecule has 4 fully saturated rings. The number of ether oxygens (including phenoxy) is 7. The Morgan fingerprint density at radius 3 is 2.20 bits per heavy atom. The molecule has 1 saturated carbocycles. The van der Waals surface area contributed by atoms with Crippen LogP contribution in [0, 0.1) is 17.8 Å². The van der Waals surface area contributed by atoms with E-state index < -0.39 is 101 Å². The Labute approximate surface area is 328 Å². The van der Waals surface area contributed by atoms with E-state index in [4.69, 9.17) is 33.2 Å². The number of rotatable bonds is 8. The average molecular weight is 789 g/mol. The van der Waals surface area contributed by atoms with Crippen LogP contribution in [0.15, 0.2) is 0 Å². The maximum absolute atomic E-state index is 14.3. The topological polar surface area (TPSA) is 186 Å². The molecule has 3 saturated heterocycles. The molecule has 4 aliphatic rings. The molecule has 18 atom stereocenters. The summed E-state index contributed by atoms with van der Waals surface area (Å²) in [5, 5.41) is 47.0. The molecule has 4 N–H and O–H groups in total. The van der Waals surface area contributed by atoms with Crippen molar-refractivity contribution in [1.82, 2.24) is 9.80 Å². The smallest absolute Gasteiger partial charge is 0.312 e. The molecule has 0 aromatic rings. The molecule has 0 spiro atoms. The number of hydrogen-bond acceptors (Lipinski definition) is 15. The molecular weight excluding hydrogens is 716 g/mol. The van der Waals surface area contributed by atoms with Crippen LogP contribution in [0.25, 0.3) is 0 Å². The lowest BCUT2D eigenvalue weighted by Crippen LogP contribution is -2.61. The lowest BCUT2D eigenvalue weighted by atomic mass is 9.78. The molecule has 55 heavy (non-hydrogen) atoms. The second-order valence-corrected chi connectivity index (χ2v) is 18.1. The molecule has 0 radical (unpaired) electrons. The van der Waals surface area contributed by atoms with Crippen molar-refractivity contribution in [3.05, 3.63) is 0 Å². The first-order chi connectivity index (χ1) is 25.3. The van der Waals surface area contributed by atoms with Gasteiger partial charge in [-0.05, 0) is 94.3 Å². The van der Waals surface area contributed by atoms with Crippen molar-refractivity contribution in [2.75, 3.05) is 34.8 Å². The Kier molecular flexibility index (Phi) is 14.6. The van der Waals surface area contributed by atoms with E-state index in [1.807, 2.05) is 51.7 Å². The van der Waals surface area contributed by atoms with Gasteiger partial charge in [-0.25, -0.2) is 0 Å². The van der Waals surface area contributed by atoms with Gasteiger partial charge in [0.15, 0.2) is 18.7 Å². The molecular formula is C40H72N2O13. The highest BCUT2D eigenvalue weighted by Crippen LogP contribution is 2.58. The third-order valence-corrected chi connectivity index (χ3v) is 13.1. The summed E-state index contributed by atoms with van der Waals surface area (Å²) in [7, 11) is 7.15. The van der Waals surface area contributed by atoms with Crippen molar-refractivity contribution in [1.29, 1.82) is 0 Å². The first kappa shape index (κ1) is 46.2. The SMILES string of the molecule is CC[C@H]1OC(=O)[C@@H]2C[C@]2(O[C@H]2C[C@@](C)(OC)[C@@H](O)[C@H](C)O2)[C@H](C)[C@@H](O[C@@H]2O[C@H](C)C[C@H](N(C)C)[C@H]2OC(C)=O)[C@](C)(O)C[C@@H](C)CN(C)[C@H](C)[C@@H](O)[C@]1(C)O. The van der Waals surface area contributed by atoms with Crippen LogP contribution in [-0.2, 0) is 42.7 Å². The Hall–Kier alpha value is -1.50. The van der Waals surface area contributed by atoms with E-state index in [1.54, 1.807) is 34.6 Å². The zero-order valence-electron chi connectivity index (χ0n) is 35.7. The number of hydrogen-bond donors (Lipinski definition) is 4. The summed E-state index contributed by atoms with van der Waals surface area (Å²) in [6.45, 7) is 17.8. The highest BCUT2D eigenvalue weighted by atomic mass is 16.7. The summed E-state index contributed by atoms with van der Waals surface area (Å²) in [6.07, 6.45) is -6.87. The molecule has 320 valence electrons. The minimum absolute atomic E-state index is 0.134. The second-order valence-electron chi connectivity index (χ2n) is 18.1. The maximum Gasteiger partial charge on any atom is 0.312 e. The highest BCUT2D eigenvalue weighted by molar-refractivity contribution is 5.78. The van der Waals surface area contributed by atoms with Gasteiger partial charge in [-0.15, -0.1) is 0 Å². The Bertz CT molecular complexity index is 1320. The first-order valence-electron chi connectivity index (χ1n) is 20.1. The van der Waals surface area contributed by atoms with Crippen molar-refractivity contribution in [3.8, 4) is 0 Å². The molecule has 3 heterocycles. The largest absolute Gasteiger partial charge is 0.459 e. The number of cyclic esters (lactones) is 1. The fraction of sp³-hybridized carbons (Fsp3) is 0.950. The third-order valence-electron chi connectivity index (χ3n) is 13.1. The molecule has 4 rings (SSSR count). The quantitative estimate of drug-likeness (QED) is 0.262. The minimum atomic E-state index is -1.80. The summed E-state index contributed by atoms with van der Waals surface area (Å²) < 4.78 is 44.2. The maximum atomic E-state index is 14.3. The van der Waals surface area contributed by atoms with Gasteiger partial charge in [0.25, 0.3) is 0 Å². The predicted molar refractivity (Wildman–Crippen MR) is 202 cm³/mol. The van der Waals surface area contributed by atoms with Gasteiger partial charge in [0.1, 0.15) is 23.9 Å². The number of aliphatic hydroxyl groups is 4. The molecule has 15 heteroatoms. The van der Waals surface area contributed by atoms with E-state index in [2.05, 4.69) is 0 Å². The van der Waals surface area contributed by atoms with Crippen LogP contribution in [0.3, 0.4) is 0 Å². The van der Waals surface area contributed by atoms with Gasteiger partial charge in [-0.3, -0.25) is 9.59 Å². The standard InChI is InChI=1S/C40H72N2O13/c1-15-29-39(10,48)32(44)24(5)42(13)20-21(2)17-37(8,47)34(54-36-31(52-26(7)43)28(41(11)12)16-22(3)50-36)23(4)40(18-27(40)35(46)53-29)55-30-19-38(9,49-14)33(45)25(6)51-30/h21-25,27-34,36,44-45,47-48H,15-20H2,1-14H3/t21-,22-,23-,24-,25+,27+,28+,29-,30+,31-,32-,33+,34-,36+,37-,38-,39-,40+/m1/s1. The van der Waals surface area contributed by atoms with Gasteiger partial charge < -0.3 is 63.4 Å². The van der Waals surface area contributed by atoms with Crippen molar-refractivity contribution in [2.24, 2.45) is 17.8 Å². The van der Waals surface area contributed by atoms with E-state index in [9.17, 15) is 30.0 Å². The summed E-state index contributed by atoms with van der Waals surface area (Å²) in [6, 6.07) is -0.807. The van der Waals surface area contributed by atoms with Crippen molar-refractivity contribution in [2.45, 2.75) is 191 Å². The Morgan fingerprint density at radius 1 is 1.00 bits per heavy atom. The minimum Gasteiger partial charge on any atom is -0.459 e. The molecule has 0 amide bonds. The summed E-state index contributed by atoms with van der Waals surface area (Å²) >= 11 is 0. The normalized spacial score (nSPS) is 49.3. The van der Waals surface area contributed by atoms with Gasteiger partial charge in [0, 0.05) is 39.0 Å². The highest BCUT2D eigenvalue weighted by Gasteiger charge is 2.69. The number of carbonyl (C=O) groups is 2. The number of nitrogens with zero attached hydrogens (tertiary/aromatic N) is 2. The van der Waals surface area contributed by atoms with E-state index in [1.165, 1.54) is 21.0 Å². The number of fused-ring (bicyclic) bond motifs is 1. The zero-order chi connectivity index (χ0) is 41.6. The number of aliphatic hydroxyl groups excluding tert-OH is 2. The Balaban J connectivity index is 1.86. The van der Waals surface area contributed by atoms with Crippen LogP contribution in [0.1, 0.15) is 101 Å². The van der Waals surface area contributed by atoms with Crippen molar-refractivity contribution in [3.63, 3.8) is 0 Å². The number of methoxy groups -OCH3 is 1. The van der Waals surface area contributed by atoms with Crippen molar-refractivity contribution < 1.29 is 63.2 Å². The van der Waals surface area contributed by atoms with Crippen LogP contribution in [-0.4, -0.2) is 167 Å². The van der Waals surface area contributed by atoms with Crippen LogP contribution < -0.4 is 0 Å². The second kappa shape index (κ2) is 17.4. The fourth-order valence-electron chi connectivity index (χ4n) is 9.58. The van der Waals surface area contributed by atoms with Gasteiger partial charge in [0.05, 0.1) is 47.1 Å². The molecule has 0 unspecified atom stereocenters. The lowest BCUT2D eigenvalue weighted by molar-refractivity contribution is -0.321. The van der Waals surface area contributed by atoms with E-state index in [0.717, 1.165) is 0 Å². The predicted octanol–water partition coefficient (Wildman–Crippen LogP) is 2.23. The third kappa shape index (κ3) is 9.70. The fourth-order valence-corrected chi connectivity index (χ4v) is 9.58. The molecule has 0 bridgehead atoms. The van der Waals surface area contributed by atoms with Crippen LogP contribution in [0.5, 0.6) is 0 Å². The summed E-state index contributed by atoms with van der Waals surface area (Å²) in [4.78, 5) is 30.7. The van der Waals surface area contributed by atoms with Gasteiger partial charge in [-0.1, -0.05) is 20.8 Å². The Morgan fingerprint density at radius 2 is 1.64 bits per heavy atom. The van der Waals surface area contributed by atoms with Gasteiger partial charge in [-0.2, -0.15) is 0 Å². The summed E-state index contributed by atoms with van der Waals surface area (Å²) in [5.41, 5.74) is -5.74. The van der Waals surface area contributed by atoms with Crippen molar-refractivity contribution >= 4 is 11.9 Å². The molecule has 15 nitrogen and oxygen atoms in total. The number of likely N-dealkylation sites (N-methyl/N-ethyl adjacent to an activating group) is 2. The summed E-state index contributed by atoms with van der Waals surface area (Å²) in [5.74, 6) is -2.93. The lowest BCUT2D eigenvalue weighted by Gasteiger charge is -2.49. The number of carbonyl (C=O) groups excluding carboxylic acids is 2.